The fraction of sp³-hybridized carbons (Fsp3) is 0.316. The van der Waals surface area contributed by atoms with Crippen molar-refractivity contribution in [1.29, 1.82) is 0 Å². The molecule has 0 aliphatic rings. The molecule has 29 heavy (non-hydrogen) atoms. The lowest BCUT2D eigenvalue weighted by atomic mass is 10.2. The van der Waals surface area contributed by atoms with Gasteiger partial charge in [0.05, 0.1) is 15.6 Å². The number of halogens is 3. The van der Waals surface area contributed by atoms with Crippen LogP contribution in [0.4, 0.5) is 4.39 Å². The van der Waals surface area contributed by atoms with E-state index < -0.39 is 21.8 Å². The first kappa shape index (κ1) is 23.4. The maximum absolute atomic E-state index is 13.5. The van der Waals surface area contributed by atoms with Crippen LogP contribution in [0.1, 0.15) is 24.2 Å². The minimum atomic E-state index is -3.94. The second kappa shape index (κ2) is 10.2. The molecule has 10 heteroatoms. The van der Waals surface area contributed by atoms with Crippen molar-refractivity contribution >= 4 is 39.2 Å². The molecule has 2 aromatic rings. The number of para-hydroxylation sites is 1. The van der Waals surface area contributed by atoms with Crippen LogP contribution in [0.5, 0.6) is 5.75 Å². The van der Waals surface area contributed by atoms with Gasteiger partial charge in [0.1, 0.15) is 18.1 Å². The smallest absolute Gasteiger partial charge is 0.339 e. The lowest BCUT2D eigenvalue weighted by molar-refractivity contribution is 0.0448. The van der Waals surface area contributed by atoms with Crippen LogP contribution >= 0.6 is 23.2 Å². The van der Waals surface area contributed by atoms with Gasteiger partial charge in [0.25, 0.3) is 0 Å². The Hall–Kier alpha value is -1.87. The lowest BCUT2D eigenvalue weighted by Gasteiger charge is -2.13. The molecule has 0 heterocycles. The number of benzene rings is 2. The lowest BCUT2D eigenvalue weighted by Crippen LogP contribution is -2.28. The van der Waals surface area contributed by atoms with Crippen LogP contribution in [0.25, 0.3) is 0 Å². The molecule has 0 saturated heterocycles. The van der Waals surface area contributed by atoms with Crippen molar-refractivity contribution in [1.82, 2.24) is 4.72 Å². The summed E-state index contributed by atoms with van der Waals surface area (Å²) in [5.74, 6) is -1.29. The fourth-order valence-corrected chi connectivity index (χ4v) is 4.23. The third kappa shape index (κ3) is 6.57. The van der Waals surface area contributed by atoms with Gasteiger partial charge in [0, 0.05) is 6.54 Å². The predicted molar refractivity (Wildman–Crippen MR) is 109 cm³/mol. The molecule has 0 atom stereocenters. The number of rotatable bonds is 9. The normalized spacial score (nSPS) is 11.5. The van der Waals surface area contributed by atoms with Gasteiger partial charge in [0.2, 0.25) is 10.0 Å². The monoisotopic (exact) mass is 463 g/mol. The highest BCUT2D eigenvalue weighted by atomic mass is 35.5. The van der Waals surface area contributed by atoms with Crippen molar-refractivity contribution in [3.63, 3.8) is 0 Å². The number of carbonyl (C=O) groups is 1. The number of hydrogen-bond donors (Lipinski definition) is 1. The molecule has 0 amide bonds. The SMILES string of the molecule is CC(C)CNS(=O)(=O)c1cc(C(=O)OCCOc2ccccc2F)c(Cl)cc1Cl. The molecule has 2 rings (SSSR count). The number of ether oxygens (including phenoxy) is 2. The van der Waals surface area contributed by atoms with Crippen molar-refractivity contribution in [2.24, 2.45) is 5.92 Å². The molecule has 2 aromatic carbocycles. The van der Waals surface area contributed by atoms with E-state index in [2.05, 4.69) is 4.72 Å². The second-order valence-corrected chi connectivity index (χ2v) is 8.97. The summed E-state index contributed by atoms with van der Waals surface area (Å²) in [6.07, 6.45) is 0. The number of sulfonamides is 1. The zero-order chi connectivity index (χ0) is 21.6. The van der Waals surface area contributed by atoms with Crippen LogP contribution in [0.3, 0.4) is 0 Å². The Morgan fingerprint density at radius 1 is 1.14 bits per heavy atom. The number of hydrogen-bond acceptors (Lipinski definition) is 5. The summed E-state index contributed by atoms with van der Waals surface area (Å²) in [6.45, 7) is 3.60. The third-order valence-corrected chi connectivity index (χ3v) is 5.82. The average molecular weight is 464 g/mol. The van der Waals surface area contributed by atoms with Crippen molar-refractivity contribution < 1.29 is 27.1 Å². The number of esters is 1. The molecule has 0 aliphatic heterocycles. The van der Waals surface area contributed by atoms with E-state index in [1.54, 1.807) is 6.07 Å². The molecule has 0 radical (unpaired) electrons. The number of carbonyl (C=O) groups excluding carboxylic acids is 1. The molecule has 0 aromatic heterocycles. The maximum Gasteiger partial charge on any atom is 0.339 e. The highest BCUT2D eigenvalue weighted by molar-refractivity contribution is 7.89. The van der Waals surface area contributed by atoms with Gasteiger partial charge in [-0.3, -0.25) is 0 Å². The van der Waals surface area contributed by atoms with E-state index >= 15 is 0 Å². The second-order valence-electron chi connectivity index (χ2n) is 6.42. The third-order valence-electron chi connectivity index (χ3n) is 3.62. The van der Waals surface area contributed by atoms with Crippen LogP contribution in [0, 0.1) is 11.7 Å². The highest BCUT2D eigenvalue weighted by Gasteiger charge is 2.23. The van der Waals surface area contributed by atoms with Gasteiger partial charge in [-0.05, 0) is 30.2 Å². The molecule has 0 unspecified atom stereocenters. The summed E-state index contributed by atoms with van der Waals surface area (Å²) < 4.78 is 51.0. The van der Waals surface area contributed by atoms with E-state index in [4.69, 9.17) is 32.7 Å². The van der Waals surface area contributed by atoms with Crippen LogP contribution in [-0.2, 0) is 14.8 Å². The van der Waals surface area contributed by atoms with Gasteiger partial charge in [-0.25, -0.2) is 22.3 Å². The van der Waals surface area contributed by atoms with Gasteiger partial charge in [-0.1, -0.05) is 49.2 Å². The Morgan fingerprint density at radius 2 is 1.83 bits per heavy atom. The Balaban J connectivity index is 2.07. The zero-order valence-corrected chi connectivity index (χ0v) is 18.1. The van der Waals surface area contributed by atoms with Gasteiger partial charge in [0.15, 0.2) is 11.6 Å². The molecule has 6 nitrogen and oxygen atoms in total. The minimum absolute atomic E-state index is 0.0256. The van der Waals surface area contributed by atoms with E-state index in [0.29, 0.717) is 0 Å². The molecule has 0 saturated carbocycles. The Kier molecular flexibility index (Phi) is 8.27. The molecule has 0 spiro atoms. The first-order valence-electron chi connectivity index (χ1n) is 8.65. The van der Waals surface area contributed by atoms with Crippen LogP contribution in [0.15, 0.2) is 41.3 Å². The standard InChI is InChI=1S/C19H20Cl2FNO5S/c1-12(2)11-23-29(25,26)18-9-13(14(20)10-15(18)21)19(24)28-8-7-27-17-6-4-3-5-16(17)22/h3-6,9-10,12,23H,7-8,11H2,1-2H3. The molecular formula is C19H20Cl2FNO5S. The van der Waals surface area contributed by atoms with Crippen molar-refractivity contribution in [2.45, 2.75) is 18.7 Å². The van der Waals surface area contributed by atoms with E-state index in [9.17, 15) is 17.6 Å². The zero-order valence-electron chi connectivity index (χ0n) is 15.7. The minimum Gasteiger partial charge on any atom is -0.487 e. The van der Waals surface area contributed by atoms with Crippen LogP contribution in [-0.4, -0.2) is 34.1 Å². The van der Waals surface area contributed by atoms with Crippen LogP contribution < -0.4 is 9.46 Å². The summed E-state index contributed by atoms with van der Waals surface area (Å²) in [4.78, 5) is 12.0. The molecule has 0 aliphatic carbocycles. The summed E-state index contributed by atoms with van der Waals surface area (Å²) in [7, 11) is -3.94. The largest absolute Gasteiger partial charge is 0.487 e. The molecule has 0 bridgehead atoms. The maximum atomic E-state index is 13.5. The first-order valence-corrected chi connectivity index (χ1v) is 10.9. The van der Waals surface area contributed by atoms with Gasteiger partial charge in [-0.15, -0.1) is 0 Å². The van der Waals surface area contributed by atoms with Crippen LogP contribution in [0.2, 0.25) is 10.0 Å². The molecule has 0 fully saturated rings. The Bertz CT molecular complexity index is 983. The van der Waals surface area contributed by atoms with Crippen molar-refractivity contribution in [3.05, 3.63) is 57.8 Å². The van der Waals surface area contributed by atoms with Gasteiger partial charge in [-0.2, -0.15) is 0 Å². The van der Waals surface area contributed by atoms with Gasteiger partial charge >= 0.3 is 5.97 Å². The molecule has 158 valence electrons. The number of nitrogens with one attached hydrogen (secondary N) is 1. The Morgan fingerprint density at radius 3 is 2.48 bits per heavy atom. The first-order chi connectivity index (χ1) is 13.6. The highest BCUT2D eigenvalue weighted by Crippen LogP contribution is 2.29. The van der Waals surface area contributed by atoms with E-state index in [-0.39, 0.29) is 51.9 Å². The summed E-state index contributed by atoms with van der Waals surface area (Å²) in [5.41, 5.74) is -0.160. The summed E-state index contributed by atoms with van der Waals surface area (Å²) in [6, 6.07) is 8.03. The predicted octanol–water partition coefficient (Wildman–Crippen LogP) is 4.30. The van der Waals surface area contributed by atoms with Crippen molar-refractivity contribution in [2.75, 3.05) is 19.8 Å². The average Bonchev–Trinajstić information content (AvgIpc) is 2.64. The Labute approximate surface area is 179 Å². The quantitative estimate of drug-likeness (QED) is 0.442. The van der Waals surface area contributed by atoms with E-state index in [0.717, 1.165) is 6.07 Å². The molecule has 1 N–H and O–H groups in total. The van der Waals surface area contributed by atoms with Crippen molar-refractivity contribution in [3.8, 4) is 5.75 Å². The summed E-state index contributed by atoms with van der Waals surface area (Å²) >= 11 is 12.0. The van der Waals surface area contributed by atoms with E-state index in [1.165, 1.54) is 24.3 Å². The molecular weight excluding hydrogens is 444 g/mol. The summed E-state index contributed by atoms with van der Waals surface area (Å²) in [5, 5.41) is -0.177. The topological polar surface area (TPSA) is 81.7 Å². The van der Waals surface area contributed by atoms with E-state index in [1.807, 2.05) is 13.8 Å². The fourth-order valence-electron chi connectivity index (χ4n) is 2.17. The van der Waals surface area contributed by atoms with Gasteiger partial charge < -0.3 is 9.47 Å².